The van der Waals surface area contributed by atoms with Gasteiger partial charge in [-0.05, 0) is 85.2 Å². The van der Waals surface area contributed by atoms with Gasteiger partial charge in [0.2, 0.25) is 0 Å². The molecule has 1 aromatic heterocycles. The molecule has 1 aliphatic rings. The van der Waals surface area contributed by atoms with Crippen molar-refractivity contribution in [1.29, 1.82) is 0 Å². The van der Waals surface area contributed by atoms with Crippen LogP contribution in [0.5, 0.6) is 17.2 Å². The van der Waals surface area contributed by atoms with E-state index in [1.807, 2.05) is 30.6 Å². The average molecular weight is 404 g/mol. The van der Waals surface area contributed by atoms with Crippen LogP contribution in [0.3, 0.4) is 0 Å². The molecule has 4 heteroatoms. The van der Waals surface area contributed by atoms with Crippen LogP contribution in [0, 0.1) is 0 Å². The van der Waals surface area contributed by atoms with Crippen molar-refractivity contribution in [3.8, 4) is 17.2 Å². The van der Waals surface area contributed by atoms with Gasteiger partial charge in [0.1, 0.15) is 5.75 Å². The summed E-state index contributed by atoms with van der Waals surface area (Å²) in [6.45, 7) is 0. The minimum atomic E-state index is 0.214. The van der Waals surface area contributed by atoms with Gasteiger partial charge >= 0.3 is 0 Å². The van der Waals surface area contributed by atoms with Gasteiger partial charge in [0.05, 0.1) is 20.3 Å². The van der Waals surface area contributed by atoms with Crippen LogP contribution >= 0.6 is 0 Å². The molecule has 4 nitrogen and oxygen atoms in total. The summed E-state index contributed by atoms with van der Waals surface area (Å²) in [5, 5.41) is 0. The lowest BCUT2D eigenvalue weighted by Gasteiger charge is -2.21. The van der Waals surface area contributed by atoms with Gasteiger partial charge in [0, 0.05) is 18.3 Å². The highest BCUT2D eigenvalue weighted by molar-refractivity contribution is 5.45. The molecule has 0 N–H and O–H groups in total. The first kappa shape index (κ1) is 20.3. The Hall–Kier alpha value is -3.01. The molecular weight excluding hydrogens is 374 g/mol. The van der Waals surface area contributed by atoms with E-state index >= 15 is 0 Å². The first-order valence-electron chi connectivity index (χ1n) is 10.6. The van der Waals surface area contributed by atoms with E-state index in [0.29, 0.717) is 6.10 Å². The highest BCUT2D eigenvalue weighted by Gasteiger charge is 2.20. The minimum Gasteiger partial charge on any atom is -0.497 e. The Morgan fingerprint density at radius 1 is 0.833 bits per heavy atom. The van der Waals surface area contributed by atoms with Gasteiger partial charge in [-0.25, -0.2) is 0 Å². The van der Waals surface area contributed by atoms with Gasteiger partial charge in [0.25, 0.3) is 0 Å². The third-order valence-corrected chi connectivity index (χ3v) is 5.89. The summed E-state index contributed by atoms with van der Waals surface area (Å²) in [5.41, 5.74) is 3.71. The van der Waals surface area contributed by atoms with Crippen LogP contribution in [0.15, 0.2) is 67.0 Å². The molecular formula is C26H29NO3. The monoisotopic (exact) mass is 403 g/mol. The second-order valence-electron chi connectivity index (χ2n) is 7.82. The van der Waals surface area contributed by atoms with E-state index in [4.69, 9.17) is 14.2 Å². The van der Waals surface area contributed by atoms with E-state index < -0.39 is 0 Å². The van der Waals surface area contributed by atoms with Crippen molar-refractivity contribution < 1.29 is 14.2 Å². The third-order valence-electron chi connectivity index (χ3n) is 5.89. The maximum atomic E-state index is 6.31. The summed E-state index contributed by atoms with van der Waals surface area (Å²) < 4.78 is 17.2. The Morgan fingerprint density at radius 3 is 2.20 bits per heavy atom. The summed E-state index contributed by atoms with van der Waals surface area (Å²) in [6.07, 6.45) is 9.61. The maximum absolute atomic E-state index is 6.31. The van der Waals surface area contributed by atoms with Crippen LogP contribution in [0.2, 0.25) is 0 Å². The van der Waals surface area contributed by atoms with Crippen LogP contribution in [0.25, 0.3) is 0 Å². The normalized spacial score (nSPS) is 15.0. The molecule has 1 saturated carbocycles. The van der Waals surface area contributed by atoms with Crippen LogP contribution in [0.1, 0.15) is 48.3 Å². The fourth-order valence-corrected chi connectivity index (χ4v) is 4.22. The van der Waals surface area contributed by atoms with Crippen molar-refractivity contribution in [1.82, 2.24) is 4.98 Å². The standard InChI is InChI=1S/C26H29NO3/c1-28-22-10-8-20(9-11-22)24(21-13-15-27-16-14-21)17-19-7-12-25(29-2)26(18-19)30-23-5-3-4-6-23/h7-16,18,23-24H,3-6,17H2,1-2H3. The molecule has 0 spiro atoms. The molecule has 4 rings (SSSR count). The van der Waals surface area contributed by atoms with Crippen LogP contribution in [0.4, 0.5) is 0 Å². The molecule has 30 heavy (non-hydrogen) atoms. The van der Waals surface area contributed by atoms with E-state index in [0.717, 1.165) is 36.5 Å². The second-order valence-corrected chi connectivity index (χ2v) is 7.82. The van der Waals surface area contributed by atoms with E-state index in [1.54, 1.807) is 14.2 Å². The molecule has 0 saturated heterocycles. The number of nitrogens with zero attached hydrogens (tertiary/aromatic N) is 1. The predicted octanol–water partition coefficient (Wildman–Crippen LogP) is 5.79. The molecule has 1 fully saturated rings. The van der Waals surface area contributed by atoms with Gasteiger partial charge < -0.3 is 14.2 Å². The SMILES string of the molecule is COc1ccc(C(Cc2ccc(OC)c(OC3CCCC3)c2)c2ccncc2)cc1. The fourth-order valence-electron chi connectivity index (χ4n) is 4.22. The van der Waals surface area contributed by atoms with E-state index in [2.05, 4.69) is 41.4 Å². The molecule has 156 valence electrons. The van der Waals surface area contributed by atoms with Crippen LogP contribution < -0.4 is 14.2 Å². The summed E-state index contributed by atoms with van der Waals surface area (Å²) >= 11 is 0. The molecule has 0 amide bonds. The Morgan fingerprint density at radius 2 is 1.53 bits per heavy atom. The summed E-state index contributed by atoms with van der Waals surface area (Å²) in [7, 11) is 3.40. The molecule has 0 aliphatic heterocycles. The summed E-state index contributed by atoms with van der Waals surface area (Å²) in [6, 6.07) is 18.8. The van der Waals surface area contributed by atoms with Crippen molar-refractivity contribution in [2.45, 2.75) is 44.1 Å². The lowest BCUT2D eigenvalue weighted by molar-refractivity contribution is 0.200. The molecule has 1 heterocycles. The van der Waals surface area contributed by atoms with Crippen molar-refractivity contribution in [3.05, 3.63) is 83.7 Å². The van der Waals surface area contributed by atoms with Gasteiger partial charge in [-0.3, -0.25) is 4.98 Å². The molecule has 2 aromatic carbocycles. The maximum Gasteiger partial charge on any atom is 0.161 e. The van der Waals surface area contributed by atoms with E-state index in [9.17, 15) is 0 Å². The molecule has 3 aromatic rings. The number of pyridine rings is 1. The van der Waals surface area contributed by atoms with E-state index in [1.165, 1.54) is 29.5 Å². The lowest BCUT2D eigenvalue weighted by Crippen LogP contribution is -2.12. The third kappa shape index (κ3) is 4.76. The minimum absolute atomic E-state index is 0.214. The van der Waals surface area contributed by atoms with Gasteiger partial charge in [0.15, 0.2) is 11.5 Å². The zero-order chi connectivity index (χ0) is 20.8. The number of rotatable bonds is 8. The Balaban J connectivity index is 1.63. The second kappa shape index (κ2) is 9.66. The summed E-state index contributed by atoms with van der Waals surface area (Å²) in [5.74, 6) is 2.73. The zero-order valence-electron chi connectivity index (χ0n) is 17.7. The molecule has 1 aliphatic carbocycles. The summed E-state index contributed by atoms with van der Waals surface area (Å²) in [4.78, 5) is 4.19. The zero-order valence-corrected chi connectivity index (χ0v) is 17.7. The van der Waals surface area contributed by atoms with Gasteiger partial charge in [-0.1, -0.05) is 18.2 Å². The Bertz CT molecular complexity index is 934. The molecule has 0 radical (unpaired) electrons. The highest BCUT2D eigenvalue weighted by atomic mass is 16.5. The average Bonchev–Trinajstić information content (AvgIpc) is 3.31. The van der Waals surface area contributed by atoms with Crippen molar-refractivity contribution in [3.63, 3.8) is 0 Å². The van der Waals surface area contributed by atoms with Crippen molar-refractivity contribution >= 4 is 0 Å². The van der Waals surface area contributed by atoms with Crippen molar-refractivity contribution in [2.24, 2.45) is 0 Å². The Labute approximate surface area is 178 Å². The van der Waals surface area contributed by atoms with Crippen LogP contribution in [-0.4, -0.2) is 25.3 Å². The number of aromatic nitrogens is 1. The number of hydrogen-bond donors (Lipinski definition) is 0. The number of benzene rings is 2. The predicted molar refractivity (Wildman–Crippen MR) is 119 cm³/mol. The molecule has 0 bridgehead atoms. The Kier molecular flexibility index (Phi) is 6.53. The highest BCUT2D eigenvalue weighted by Crippen LogP contribution is 2.35. The van der Waals surface area contributed by atoms with Gasteiger partial charge in [-0.15, -0.1) is 0 Å². The fraction of sp³-hybridized carbons (Fsp3) is 0.346. The quantitative estimate of drug-likeness (QED) is 0.477. The number of ether oxygens (including phenoxy) is 3. The first-order valence-corrected chi connectivity index (χ1v) is 10.6. The van der Waals surface area contributed by atoms with Gasteiger partial charge in [-0.2, -0.15) is 0 Å². The first-order chi connectivity index (χ1) is 14.8. The smallest absolute Gasteiger partial charge is 0.161 e. The number of methoxy groups -OCH3 is 2. The largest absolute Gasteiger partial charge is 0.497 e. The van der Waals surface area contributed by atoms with Crippen molar-refractivity contribution in [2.75, 3.05) is 14.2 Å². The lowest BCUT2D eigenvalue weighted by atomic mass is 9.86. The topological polar surface area (TPSA) is 40.6 Å². The molecule has 1 unspecified atom stereocenters. The van der Waals surface area contributed by atoms with E-state index in [-0.39, 0.29) is 5.92 Å². The molecule has 1 atom stereocenters. The van der Waals surface area contributed by atoms with Crippen LogP contribution in [-0.2, 0) is 6.42 Å². The number of hydrogen-bond acceptors (Lipinski definition) is 4.